The summed E-state index contributed by atoms with van der Waals surface area (Å²) in [4.78, 5) is -0.248. The number of benzene rings is 2. The van der Waals surface area contributed by atoms with Gasteiger partial charge in [-0.2, -0.15) is 0 Å². The minimum absolute atomic E-state index is 0.130. The summed E-state index contributed by atoms with van der Waals surface area (Å²) >= 11 is 15.5. The monoisotopic (exact) mass is 360 g/mol. The van der Waals surface area contributed by atoms with E-state index in [-0.39, 0.29) is 9.85 Å². The fraction of sp³-hybridized carbons (Fsp3) is 0.200. The maximum atomic E-state index is 14.1. The molecule has 1 atom stereocenters. The van der Waals surface area contributed by atoms with Crippen LogP contribution in [0.2, 0.25) is 10.0 Å². The molecule has 1 unspecified atom stereocenters. The molecular formula is C15H12BrCl2F. The normalized spacial score (nSPS) is 12.5. The minimum Gasteiger partial charge on any atom is -0.205 e. The number of hydrogen-bond acceptors (Lipinski definition) is 0. The van der Waals surface area contributed by atoms with Gasteiger partial charge in [-0.25, -0.2) is 4.39 Å². The van der Waals surface area contributed by atoms with Gasteiger partial charge in [0.1, 0.15) is 5.82 Å². The molecule has 0 N–H and O–H groups in total. The molecule has 0 heterocycles. The summed E-state index contributed by atoms with van der Waals surface area (Å²) in [6.07, 6.45) is 0. The van der Waals surface area contributed by atoms with E-state index in [2.05, 4.69) is 15.9 Å². The van der Waals surface area contributed by atoms with Gasteiger partial charge in [0.15, 0.2) is 0 Å². The van der Waals surface area contributed by atoms with E-state index in [1.54, 1.807) is 18.2 Å². The molecule has 0 saturated carbocycles. The molecule has 0 saturated heterocycles. The van der Waals surface area contributed by atoms with Gasteiger partial charge in [-0.15, -0.1) is 0 Å². The van der Waals surface area contributed by atoms with Crippen LogP contribution in [0, 0.1) is 19.7 Å². The number of rotatable bonds is 2. The lowest BCUT2D eigenvalue weighted by Gasteiger charge is -2.16. The highest BCUT2D eigenvalue weighted by atomic mass is 79.9. The van der Waals surface area contributed by atoms with Crippen LogP contribution in [0.1, 0.15) is 27.1 Å². The van der Waals surface area contributed by atoms with Gasteiger partial charge in [-0.1, -0.05) is 57.3 Å². The maximum Gasteiger partial charge on any atom is 0.146 e. The van der Waals surface area contributed by atoms with Crippen LogP contribution in [0.3, 0.4) is 0 Å². The van der Waals surface area contributed by atoms with Crippen LogP contribution in [0.15, 0.2) is 30.3 Å². The Balaban J connectivity index is 2.53. The summed E-state index contributed by atoms with van der Waals surface area (Å²) < 4.78 is 14.1. The van der Waals surface area contributed by atoms with E-state index in [4.69, 9.17) is 23.2 Å². The minimum atomic E-state index is -0.391. The molecule has 0 aliphatic heterocycles. The SMILES string of the molecule is Cc1cc(C(Br)c2cccc(Cl)c2F)c(C)cc1Cl. The van der Waals surface area contributed by atoms with Gasteiger partial charge >= 0.3 is 0 Å². The summed E-state index contributed by atoms with van der Waals surface area (Å²) in [6, 6.07) is 8.87. The smallest absolute Gasteiger partial charge is 0.146 e. The second-order valence-corrected chi connectivity index (χ2v) is 6.19. The molecule has 2 aromatic rings. The standard InChI is InChI=1S/C15H12BrCl2F/c1-8-7-13(18)9(2)6-11(8)14(16)10-4-3-5-12(17)15(10)19/h3-7,14H,1-2H3. The molecule has 0 aliphatic carbocycles. The van der Waals surface area contributed by atoms with Crippen molar-refractivity contribution in [3.63, 3.8) is 0 Å². The molecule has 0 aliphatic rings. The zero-order valence-electron chi connectivity index (χ0n) is 10.5. The second kappa shape index (κ2) is 5.82. The van der Waals surface area contributed by atoms with Crippen LogP contribution in [-0.2, 0) is 0 Å². The van der Waals surface area contributed by atoms with Gasteiger partial charge in [0.2, 0.25) is 0 Å². The van der Waals surface area contributed by atoms with E-state index in [1.165, 1.54) is 0 Å². The van der Waals surface area contributed by atoms with Crippen molar-refractivity contribution in [1.82, 2.24) is 0 Å². The number of aryl methyl sites for hydroxylation is 2. The molecule has 0 amide bonds. The molecule has 100 valence electrons. The first-order valence-corrected chi connectivity index (χ1v) is 7.43. The van der Waals surface area contributed by atoms with Crippen molar-refractivity contribution in [2.75, 3.05) is 0 Å². The molecule has 0 bridgehead atoms. The van der Waals surface area contributed by atoms with Crippen molar-refractivity contribution in [1.29, 1.82) is 0 Å². The molecular weight excluding hydrogens is 350 g/mol. The molecule has 2 aromatic carbocycles. The van der Waals surface area contributed by atoms with Crippen molar-refractivity contribution in [2.24, 2.45) is 0 Å². The Morgan fingerprint density at radius 3 is 2.37 bits per heavy atom. The lowest BCUT2D eigenvalue weighted by atomic mass is 9.98. The number of alkyl halides is 1. The Morgan fingerprint density at radius 2 is 1.68 bits per heavy atom. The van der Waals surface area contributed by atoms with Crippen molar-refractivity contribution in [2.45, 2.75) is 18.7 Å². The molecule has 4 heteroatoms. The first-order valence-electron chi connectivity index (χ1n) is 5.76. The Bertz CT molecular complexity index is 626. The van der Waals surface area contributed by atoms with Crippen molar-refractivity contribution < 1.29 is 4.39 Å². The molecule has 0 fully saturated rings. The van der Waals surface area contributed by atoms with Crippen molar-refractivity contribution >= 4 is 39.1 Å². The predicted octanol–water partition coefficient (Wildman–Crippen LogP) is 6.23. The van der Waals surface area contributed by atoms with Crippen LogP contribution in [-0.4, -0.2) is 0 Å². The molecule has 0 radical (unpaired) electrons. The Hall–Kier alpha value is -0.570. The summed E-state index contributed by atoms with van der Waals surface area (Å²) in [7, 11) is 0. The quantitative estimate of drug-likeness (QED) is 0.556. The average molecular weight is 362 g/mol. The molecule has 19 heavy (non-hydrogen) atoms. The highest BCUT2D eigenvalue weighted by Gasteiger charge is 2.19. The third kappa shape index (κ3) is 2.96. The van der Waals surface area contributed by atoms with Gasteiger partial charge in [0, 0.05) is 10.6 Å². The van der Waals surface area contributed by atoms with Crippen molar-refractivity contribution in [3.8, 4) is 0 Å². The lowest BCUT2D eigenvalue weighted by molar-refractivity contribution is 0.614. The Kier molecular flexibility index (Phi) is 4.54. The summed E-state index contributed by atoms with van der Waals surface area (Å²) in [5.41, 5.74) is 3.49. The maximum absolute atomic E-state index is 14.1. The van der Waals surface area contributed by atoms with E-state index in [1.807, 2.05) is 26.0 Å². The van der Waals surface area contributed by atoms with Crippen LogP contribution < -0.4 is 0 Å². The van der Waals surface area contributed by atoms with E-state index in [0.29, 0.717) is 10.6 Å². The Labute approximate surface area is 130 Å². The fourth-order valence-corrected chi connectivity index (χ4v) is 3.21. The average Bonchev–Trinajstić information content (AvgIpc) is 2.36. The van der Waals surface area contributed by atoms with Crippen molar-refractivity contribution in [3.05, 3.63) is 68.4 Å². The predicted molar refractivity (Wildman–Crippen MR) is 83.1 cm³/mol. The zero-order valence-corrected chi connectivity index (χ0v) is 13.6. The van der Waals surface area contributed by atoms with Gasteiger partial charge in [0.05, 0.1) is 9.85 Å². The van der Waals surface area contributed by atoms with Crippen LogP contribution in [0.5, 0.6) is 0 Å². The highest BCUT2D eigenvalue weighted by Crippen LogP contribution is 2.37. The third-order valence-electron chi connectivity index (χ3n) is 3.07. The van der Waals surface area contributed by atoms with Crippen LogP contribution in [0.25, 0.3) is 0 Å². The summed E-state index contributed by atoms with van der Waals surface area (Å²) in [5, 5.41) is 0.845. The third-order valence-corrected chi connectivity index (χ3v) is 4.76. The van der Waals surface area contributed by atoms with Gasteiger partial charge in [0.25, 0.3) is 0 Å². The Morgan fingerprint density at radius 1 is 1.00 bits per heavy atom. The van der Waals surface area contributed by atoms with Crippen LogP contribution in [0.4, 0.5) is 4.39 Å². The second-order valence-electron chi connectivity index (χ2n) is 4.46. The summed E-state index contributed by atoms with van der Waals surface area (Å²) in [6.45, 7) is 3.89. The van der Waals surface area contributed by atoms with E-state index < -0.39 is 5.82 Å². The fourth-order valence-electron chi connectivity index (χ4n) is 1.96. The van der Waals surface area contributed by atoms with Gasteiger partial charge in [-0.3, -0.25) is 0 Å². The van der Waals surface area contributed by atoms with E-state index >= 15 is 0 Å². The largest absolute Gasteiger partial charge is 0.205 e. The molecule has 0 aromatic heterocycles. The van der Waals surface area contributed by atoms with Gasteiger partial charge in [-0.05, 0) is 42.7 Å². The number of hydrogen-bond donors (Lipinski definition) is 0. The first kappa shape index (κ1) is 14.8. The van der Waals surface area contributed by atoms with E-state index in [0.717, 1.165) is 16.7 Å². The topological polar surface area (TPSA) is 0 Å². The molecule has 0 spiro atoms. The zero-order chi connectivity index (χ0) is 14.2. The van der Waals surface area contributed by atoms with Gasteiger partial charge < -0.3 is 0 Å². The highest BCUT2D eigenvalue weighted by molar-refractivity contribution is 9.09. The first-order chi connectivity index (χ1) is 8.91. The van der Waals surface area contributed by atoms with E-state index in [9.17, 15) is 4.39 Å². The lowest BCUT2D eigenvalue weighted by Crippen LogP contribution is -2.00. The number of halogens is 4. The molecule has 2 rings (SSSR count). The van der Waals surface area contributed by atoms with Crippen LogP contribution >= 0.6 is 39.1 Å². The summed E-state index contributed by atoms with van der Waals surface area (Å²) in [5.74, 6) is -0.391. The molecule has 0 nitrogen and oxygen atoms in total.